The zero-order valence-electron chi connectivity index (χ0n) is 16.6. The second-order valence-corrected chi connectivity index (χ2v) is 7.90. The average molecular weight is 352 g/mol. The molecule has 0 aromatic carbocycles. The van der Waals surface area contributed by atoms with E-state index in [-0.39, 0.29) is 16.5 Å². The molecule has 0 amide bonds. The molecule has 1 heterocycles. The summed E-state index contributed by atoms with van der Waals surface area (Å²) in [5, 5.41) is 0. The van der Waals surface area contributed by atoms with Crippen molar-refractivity contribution in [2.75, 3.05) is 6.61 Å². The lowest BCUT2D eigenvalue weighted by atomic mass is 9.63. The molecule has 1 aromatic rings. The fourth-order valence-electron chi connectivity index (χ4n) is 3.14. The van der Waals surface area contributed by atoms with E-state index in [0.717, 1.165) is 6.42 Å². The van der Waals surface area contributed by atoms with Crippen molar-refractivity contribution in [3.05, 3.63) is 47.1 Å². The van der Waals surface area contributed by atoms with Crippen molar-refractivity contribution in [2.24, 2.45) is 10.8 Å². The second kappa shape index (κ2) is 7.86. The monoisotopic (exact) mass is 352 g/mol. The van der Waals surface area contributed by atoms with Crippen LogP contribution in [0.4, 0.5) is 0 Å². The van der Waals surface area contributed by atoms with Gasteiger partial charge in [0.15, 0.2) is 5.69 Å². The lowest BCUT2D eigenvalue weighted by Gasteiger charge is -2.41. The quantitative estimate of drug-likeness (QED) is 0.583. The summed E-state index contributed by atoms with van der Waals surface area (Å²) in [6.07, 6.45) is 7.84. The number of carbonyl (C=O) groups is 1. The molecular formula is C22H28N2O2. The van der Waals surface area contributed by atoms with Gasteiger partial charge in [-0.15, -0.1) is 0 Å². The van der Waals surface area contributed by atoms with Crippen LogP contribution in [0.2, 0.25) is 0 Å². The fourth-order valence-corrected chi connectivity index (χ4v) is 3.14. The standard InChI is InChI=1S/C22H28N2O2/c1-7-26-20(25)18-12-15-23-19(24-18)11-9-8-10-17-16(2)21(3,4)13-14-22(17,5)6/h8,10,12,15H,7,13-14H2,1-6H3. The number of aromatic nitrogens is 2. The zero-order valence-corrected chi connectivity index (χ0v) is 16.6. The molecule has 0 aliphatic heterocycles. The summed E-state index contributed by atoms with van der Waals surface area (Å²) in [7, 11) is 0. The van der Waals surface area contributed by atoms with E-state index in [1.165, 1.54) is 29.8 Å². The summed E-state index contributed by atoms with van der Waals surface area (Å²) in [5.41, 5.74) is 3.37. The second-order valence-electron chi connectivity index (χ2n) is 7.90. The summed E-state index contributed by atoms with van der Waals surface area (Å²) in [6, 6.07) is 1.53. The molecule has 0 saturated carbocycles. The Balaban J connectivity index is 2.22. The highest BCUT2D eigenvalue weighted by Gasteiger charge is 2.35. The van der Waals surface area contributed by atoms with Crippen LogP contribution in [0.5, 0.6) is 0 Å². The summed E-state index contributed by atoms with van der Waals surface area (Å²) >= 11 is 0. The molecule has 0 N–H and O–H groups in total. The molecule has 0 spiro atoms. The Labute approximate surface area is 156 Å². The smallest absolute Gasteiger partial charge is 0.357 e. The molecule has 0 fully saturated rings. The molecule has 138 valence electrons. The van der Waals surface area contributed by atoms with Crippen LogP contribution in [0.1, 0.15) is 70.7 Å². The van der Waals surface area contributed by atoms with Crippen molar-refractivity contribution in [1.82, 2.24) is 9.97 Å². The highest BCUT2D eigenvalue weighted by atomic mass is 16.5. The molecule has 1 aliphatic carbocycles. The average Bonchev–Trinajstić information content (AvgIpc) is 2.59. The van der Waals surface area contributed by atoms with E-state index >= 15 is 0 Å². The predicted octanol–water partition coefficient (Wildman–Crippen LogP) is 4.72. The van der Waals surface area contributed by atoms with Crippen LogP contribution in [-0.4, -0.2) is 22.5 Å². The third-order valence-corrected chi connectivity index (χ3v) is 5.18. The first-order valence-electron chi connectivity index (χ1n) is 9.07. The highest BCUT2D eigenvalue weighted by molar-refractivity contribution is 5.87. The fraction of sp³-hybridized carbons (Fsp3) is 0.500. The molecule has 0 radical (unpaired) electrons. The van der Waals surface area contributed by atoms with Crippen molar-refractivity contribution >= 4 is 5.97 Å². The zero-order chi connectivity index (χ0) is 19.4. The van der Waals surface area contributed by atoms with Gasteiger partial charge in [-0.2, -0.15) is 0 Å². The molecule has 0 unspecified atom stereocenters. The van der Waals surface area contributed by atoms with Gasteiger partial charge in [0.1, 0.15) is 0 Å². The predicted molar refractivity (Wildman–Crippen MR) is 104 cm³/mol. The summed E-state index contributed by atoms with van der Waals surface area (Å²) in [6.45, 7) is 13.5. The van der Waals surface area contributed by atoms with E-state index in [2.05, 4.69) is 62.5 Å². The molecule has 0 bridgehead atoms. The number of hydrogen-bond acceptors (Lipinski definition) is 4. The SMILES string of the molecule is CCOC(=O)c1ccnc(C#CC=CC2=C(C)C(C)(C)CCC2(C)C)n1. The maximum atomic E-state index is 11.7. The normalized spacial score (nSPS) is 18.4. The summed E-state index contributed by atoms with van der Waals surface area (Å²) < 4.78 is 4.94. The van der Waals surface area contributed by atoms with E-state index in [9.17, 15) is 4.79 Å². The summed E-state index contributed by atoms with van der Waals surface area (Å²) in [4.78, 5) is 20.0. The Morgan fingerprint density at radius 1 is 1.27 bits per heavy atom. The topological polar surface area (TPSA) is 52.1 Å². The van der Waals surface area contributed by atoms with Gasteiger partial charge in [0.05, 0.1) is 6.61 Å². The first-order valence-corrected chi connectivity index (χ1v) is 9.07. The minimum atomic E-state index is -0.458. The van der Waals surface area contributed by atoms with E-state index < -0.39 is 5.97 Å². The first kappa shape index (κ1) is 19.9. The number of nitrogens with zero attached hydrogens (tertiary/aromatic N) is 2. The van der Waals surface area contributed by atoms with E-state index in [1.54, 1.807) is 6.92 Å². The number of ether oxygens (including phenoxy) is 1. The largest absolute Gasteiger partial charge is 0.461 e. The van der Waals surface area contributed by atoms with Gasteiger partial charge in [0.25, 0.3) is 0 Å². The minimum Gasteiger partial charge on any atom is -0.461 e. The van der Waals surface area contributed by atoms with Crippen molar-refractivity contribution in [3.63, 3.8) is 0 Å². The Hall–Kier alpha value is -2.41. The molecule has 0 atom stereocenters. The van der Waals surface area contributed by atoms with Crippen LogP contribution in [0.15, 0.2) is 35.6 Å². The molecule has 4 nitrogen and oxygen atoms in total. The first-order chi connectivity index (χ1) is 12.2. The number of esters is 1. The number of carbonyl (C=O) groups excluding carboxylic acids is 1. The van der Waals surface area contributed by atoms with Crippen LogP contribution < -0.4 is 0 Å². The van der Waals surface area contributed by atoms with Gasteiger partial charge in [-0.3, -0.25) is 0 Å². The molecule has 1 aliphatic rings. The number of rotatable bonds is 3. The van der Waals surface area contributed by atoms with E-state index in [0.29, 0.717) is 12.4 Å². The Kier molecular flexibility index (Phi) is 6.02. The van der Waals surface area contributed by atoms with Crippen molar-refractivity contribution in [3.8, 4) is 11.8 Å². The lowest BCUT2D eigenvalue weighted by Crippen LogP contribution is -2.29. The van der Waals surface area contributed by atoms with Gasteiger partial charge in [0, 0.05) is 6.20 Å². The lowest BCUT2D eigenvalue weighted by molar-refractivity contribution is 0.0519. The minimum absolute atomic E-state index is 0.151. The van der Waals surface area contributed by atoms with Gasteiger partial charge in [-0.1, -0.05) is 45.3 Å². The maximum absolute atomic E-state index is 11.7. The van der Waals surface area contributed by atoms with E-state index in [4.69, 9.17) is 4.74 Å². The van der Waals surface area contributed by atoms with Crippen LogP contribution in [0.25, 0.3) is 0 Å². The summed E-state index contributed by atoms with van der Waals surface area (Å²) in [5.74, 6) is 5.74. The Bertz CT molecular complexity index is 805. The van der Waals surface area contributed by atoms with Gasteiger partial charge in [-0.25, -0.2) is 14.8 Å². The molecule has 2 rings (SSSR count). The Morgan fingerprint density at radius 3 is 2.65 bits per heavy atom. The molecular weight excluding hydrogens is 324 g/mol. The number of hydrogen-bond donors (Lipinski definition) is 0. The van der Waals surface area contributed by atoms with Crippen LogP contribution in [-0.2, 0) is 4.74 Å². The van der Waals surface area contributed by atoms with Gasteiger partial charge >= 0.3 is 5.97 Å². The van der Waals surface area contributed by atoms with Crippen molar-refractivity contribution in [2.45, 2.75) is 54.4 Å². The highest BCUT2D eigenvalue weighted by Crippen LogP contribution is 2.48. The van der Waals surface area contributed by atoms with Gasteiger partial charge in [0.2, 0.25) is 5.82 Å². The molecule has 0 saturated heterocycles. The van der Waals surface area contributed by atoms with E-state index in [1.807, 2.05) is 6.08 Å². The van der Waals surface area contributed by atoms with Crippen molar-refractivity contribution in [1.29, 1.82) is 0 Å². The molecule has 1 aromatic heterocycles. The third-order valence-electron chi connectivity index (χ3n) is 5.18. The third kappa shape index (κ3) is 4.60. The maximum Gasteiger partial charge on any atom is 0.357 e. The Morgan fingerprint density at radius 2 is 1.96 bits per heavy atom. The molecule has 4 heteroatoms. The van der Waals surface area contributed by atoms with Crippen LogP contribution >= 0.6 is 0 Å². The van der Waals surface area contributed by atoms with Crippen LogP contribution in [0, 0.1) is 22.7 Å². The van der Waals surface area contributed by atoms with Gasteiger partial charge < -0.3 is 4.74 Å². The number of allylic oxidation sites excluding steroid dienone is 4. The van der Waals surface area contributed by atoms with Crippen LogP contribution in [0.3, 0.4) is 0 Å². The van der Waals surface area contributed by atoms with Gasteiger partial charge in [-0.05, 0) is 61.2 Å². The van der Waals surface area contributed by atoms with Crippen molar-refractivity contribution < 1.29 is 9.53 Å². The molecule has 26 heavy (non-hydrogen) atoms.